The fourth-order valence-electron chi connectivity index (χ4n) is 9.60. The number of rotatable bonds is 6. The van der Waals surface area contributed by atoms with Crippen molar-refractivity contribution < 1.29 is 0 Å². The van der Waals surface area contributed by atoms with E-state index in [0.717, 1.165) is 38.9 Å². The van der Waals surface area contributed by atoms with Gasteiger partial charge in [0.25, 0.3) is 0 Å². The lowest BCUT2D eigenvalue weighted by atomic mass is 9.81. The van der Waals surface area contributed by atoms with E-state index < -0.39 is 0 Å². The van der Waals surface area contributed by atoms with Gasteiger partial charge in [-0.3, -0.25) is 4.98 Å². The maximum absolute atomic E-state index is 5.13. The standard InChI is InChI=1S/C57H38N4/c1-57(2)50-9-4-3-8-47(50)48-28-26-45(34-51(48)57)36-12-20-43(21-13-36)55-59-54(42-18-10-35(11-19-42)37-30-32-58-33-31-37)60-56(61-55)44-22-14-38(15-23-44)46-27-24-41-17-16-39-6-5-7-40-25-29-49(46)53(41)52(39)40/h3-34H,1-2H3. The Kier molecular flexibility index (Phi) is 7.85. The zero-order chi connectivity index (χ0) is 40.7. The summed E-state index contributed by atoms with van der Waals surface area (Å²) in [7, 11) is 0. The van der Waals surface area contributed by atoms with Crippen LogP contribution in [0, 0.1) is 0 Å². The Morgan fingerprint density at radius 2 is 0.787 bits per heavy atom. The zero-order valence-electron chi connectivity index (χ0n) is 33.8. The third-order valence-electron chi connectivity index (χ3n) is 12.8. The highest BCUT2D eigenvalue weighted by Gasteiger charge is 2.35. The number of hydrogen-bond acceptors (Lipinski definition) is 4. The van der Waals surface area contributed by atoms with E-state index in [-0.39, 0.29) is 5.41 Å². The molecule has 0 saturated carbocycles. The third-order valence-corrected chi connectivity index (χ3v) is 12.8. The molecule has 2 heterocycles. The van der Waals surface area contributed by atoms with E-state index in [4.69, 9.17) is 15.0 Å². The highest BCUT2D eigenvalue weighted by Crippen LogP contribution is 2.49. The Bertz CT molecular complexity index is 3450. The summed E-state index contributed by atoms with van der Waals surface area (Å²) in [6, 6.07) is 65.5. The molecule has 2 aromatic heterocycles. The van der Waals surface area contributed by atoms with Gasteiger partial charge in [0.2, 0.25) is 0 Å². The molecular formula is C57H38N4. The van der Waals surface area contributed by atoms with Crippen molar-refractivity contribution in [2.45, 2.75) is 19.3 Å². The van der Waals surface area contributed by atoms with Crippen LogP contribution in [0.15, 0.2) is 194 Å². The largest absolute Gasteiger partial charge is 0.265 e. The lowest BCUT2D eigenvalue weighted by molar-refractivity contribution is 0.660. The molecule has 0 fully saturated rings. The third kappa shape index (κ3) is 5.75. The molecule has 0 amide bonds. The van der Waals surface area contributed by atoms with Crippen molar-refractivity contribution in [1.82, 2.24) is 19.9 Å². The van der Waals surface area contributed by atoms with Crippen LogP contribution in [0.4, 0.5) is 0 Å². The maximum atomic E-state index is 5.13. The van der Waals surface area contributed by atoms with Crippen LogP contribution in [0.1, 0.15) is 25.0 Å². The molecule has 0 N–H and O–H groups in total. The number of hydrogen-bond donors (Lipinski definition) is 0. The molecule has 0 unspecified atom stereocenters. The molecule has 4 nitrogen and oxygen atoms in total. The Labute approximate surface area is 354 Å². The first kappa shape index (κ1) is 35.2. The van der Waals surface area contributed by atoms with Crippen molar-refractivity contribution in [2.24, 2.45) is 0 Å². The van der Waals surface area contributed by atoms with Gasteiger partial charge < -0.3 is 0 Å². The van der Waals surface area contributed by atoms with E-state index in [9.17, 15) is 0 Å². The molecule has 11 aromatic rings. The summed E-state index contributed by atoms with van der Waals surface area (Å²) >= 11 is 0. The van der Waals surface area contributed by atoms with Crippen molar-refractivity contribution in [2.75, 3.05) is 0 Å². The van der Waals surface area contributed by atoms with Crippen LogP contribution in [0.5, 0.6) is 0 Å². The Hall–Kier alpha value is -7.82. The predicted molar refractivity (Wildman–Crippen MR) is 252 cm³/mol. The summed E-state index contributed by atoms with van der Waals surface area (Å²) in [5.41, 5.74) is 15.1. The van der Waals surface area contributed by atoms with Gasteiger partial charge in [-0.1, -0.05) is 178 Å². The highest BCUT2D eigenvalue weighted by molar-refractivity contribution is 6.25. The molecular weight excluding hydrogens is 741 g/mol. The van der Waals surface area contributed by atoms with Crippen molar-refractivity contribution in [3.63, 3.8) is 0 Å². The quantitative estimate of drug-likeness (QED) is 0.158. The lowest BCUT2D eigenvalue weighted by Gasteiger charge is -2.22. The number of aromatic nitrogens is 4. The van der Waals surface area contributed by atoms with E-state index in [1.165, 1.54) is 65.7 Å². The van der Waals surface area contributed by atoms with Crippen molar-refractivity contribution in [3.8, 4) is 78.7 Å². The van der Waals surface area contributed by atoms with Gasteiger partial charge in [-0.2, -0.15) is 0 Å². The summed E-state index contributed by atoms with van der Waals surface area (Å²) in [5.74, 6) is 1.89. The zero-order valence-corrected chi connectivity index (χ0v) is 33.8. The molecule has 1 aliphatic carbocycles. The van der Waals surface area contributed by atoms with Gasteiger partial charge in [0.05, 0.1) is 0 Å². The Morgan fingerprint density at radius 3 is 1.43 bits per heavy atom. The van der Waals surface area contributed by atoms with Gasteiger partial charge in [-0.05, 0) is 106 Å². The van der Waals surface area contributed by atoms with Crippen LogP contribution in [0.25, 0.3) is 111 Å². The number of benzene rings is 9. The molecule has 9 aromatic carbocycles. The molecule has 0 atom stereocenters. The average Bonchev–Trinajstić information content (AvgIpc) is 3.56. The smallest absolute Gasteiger partial charge is 0.164 e. The van der Waals surface area contributed by atoms with Crippen LogP contribution in [0.3, 0.4) is 0 Å². The van der Waals surface area contributed by atoms with Gasteiger partial charge in [-0.15, -0.1) is 0 Å². The second-order valence-corrected chi connectivity index (χ2v) is 16.7. The minimum absolute atomic E-state index is 0.0593. The van der Waals surface area contributed by atoms with Crippen LogP contribution >= 0.6 is 0 Å². The van der Waals surface area contributed by atoms with Gasteiger partial charge >= 0.3 is 0 Å². The molecule has 0 saturated heterocycles. The fourth-order valence-corrected chi connectivity index (χ4v) is 9.60. The normalized spacial score (nSPS) is 12.9. The van der Waals surface area contributed by atoms with Crippen molar-refractivity contribution in [1.29, 1.82) is 0 Å². The molecule has 61 heavy (non-hydrogen) atoms. The average molecular weight is 779 g/mol. The SMILES string of the molecule is CC1(C)c2ccccc2-c2ccc(-c3ccc(-c4nc(-c5ccc(-c6ccncc6)cc5)nc(-c5ccc(-c6ccc7ccc8cccc9ccc6c7c89)cc5)n4)cc3)cc21. The number of pyridine rings is 1. The minimum atomic E-state index is -0.0593. The van der Waals surface area contributed by atoms with Crippen LogP contribution in [0.2, 0.25) is 0 Å². The molecule has 4 heteroatoms. The summed E-state index contributed by atoms with van der Waals surface area (Å²) < 4.78 is 0. The van der Waals surface area contributed by atoms with Crippen molar-refractivity contribution in [3.05, 3.63) is 206 Å². The molecule has 0 aliphatic heterocycles. The molecule has 1 aliphatic rings. The second-order valence-electron chi connectivity index (χ2n) is 16.7. The topological polar surface area (TPSA) is 51.6 Å². The van der Waals surface area contributed by atoms with Gasteiger partial charge in [0.1, 0.15) is 0 Å². The maximum Gasteiger partial charge on any atom is 0.164 e. The Morgan fingerprint density at radius 1 is 0.328 bits per heavy atom. The summed E-state index contributed by atoms with van der Waals surface area (Å²) in [4.78, 5) is 19.5. The molecule has 0 radical (unpaired) electrons. The molecule has 12 rings (SSSR count). The summed E-state index contributed by atoms with van der Waals surface area (Å²) in [6.07, 6.45) is 3.64. The first-order valence-electron chi connectivity index (χ1n) is 20.9. The van der Waals surface area contributed by atoms with Gasteiger partial charge in [0.15, 0.2) is 17.5 Å². The highest BCUT2D eigenvalue weighted by atomic mass is 15.0. The molecule has 0 bridgehead atoms. The van der Waals surface area contributed by atoms with Crippen LogP contribution < -0.4 is 0 Å². The van der Waals surface area contributed by atoms with E-state index in [1.807, 2.05) is 24.5 Å². The van der Waals surface area contributed by atoms with Gasteiger partial charge in [-0.25, -0.2) is 15.0 Å². The van der Waals surface area contributed by atoms with Crippen molar-refractivity contribution >= 4 is 32.3 Å². The summed E-state index contributed by atoms with van der Waals surface area (Å²) in [6.45, 7) is 4.65. The first-order chi connectivity index (χ1) is 30.0. The van der Waals surface area contributed by atoms with Crippen LogP contribution in [-0.4, -0.2) is 19.9 Å². The fraction of sp³-hybridized carbons (Fsp3) is 0.0526. The lowest BCUT2D eigenvalue weighted by Crippen LogP contribution is -2.14. The molecule has 286 valence electrons. The predicted octanol–water partition coefficient (Wildman–Crippen LogP) is 14.5. The number of fused-ring (bicyclic) bond motifs is 3. The second kappa shape index (κ2) is 13.6. The van der Waals surface area contributed by atoms with Gasteiger partial charge in [0, 0.05) is 34.5 Å². The molecule has 0 spiro atoms. The van der Waals surface area contributed by atoms with E-state index in [1.54, 1.807) is 0 Å². The van der Waals surface area contributed by atoms with E-state index >= 15 is 0 Å². The minimum Gasteiger partial charge on any atom is -0.265 e. The summed E-state index contributed by atoms with van der Waals surface area (Å²) in [5, 5.41) is 7.69. The Balaban J connectivity index is 0.925. The number of nitrogens with zero attached hydrogens (tertiary/aromatic N) is 4. The van der Waals surface area contributed by atoms with Crippen LogP contribution in [-0.2, 0) is 5.41 Å². The monoisotopic (exact) mass is 778 g/mol. The van der Waals surface area contributed by atoms with E-state index in [0.29, 0.717) is 17.5 Å². The van der Waals surface area contributed by atoms with E-state index in [2.05, 4.69) is 189 Å². The first-order valence-corrected chi connectivity index (χ1v) is 20.9.